The lowest BCUT2D eigenvalue weighted by Gasteiger charge is -2.06. The van der Waals surface area contributed by atoms with E-state index in [2.05, 4.69) is 10.1 Å². The van der Waals surface area contributed by atoms with Crippen LogP contribution in [-0.4, -0.2) is 21.4 Å². The van der Waals surface area contributed by atoms with Crippen molar-refractivity contribution in [1.82, 2.24) is 14.8 Å². The Labute approximate surface area is 100 Å². The summed E-state index contributed by atoms with van der Waals surface area (Å²) in [4.78, 5) is 4.16. The Hall–Kier alpha value is -1.88. The zero-order valence-electron chi connectivity index (χ0n) is 9.84. The van der Waals surface area contributed by atoms with Crippen LogP contribution < -0.4 is 10.5 Å². The third kappa shape index (κ3) is 3.04. The number of aryl methyl sites for hydroxylation is 1. The molecule has 2 heterocycles. The molecule has 0 saturated heterocycles. The van der Waals surface area contributed by atoms with Gasteiger partial charge >= 0.3 is 0 Å². The van der Waals surface area contributed by atoms with E-state index in [1.807, 2.05) is 29.9 Å². The molecule has 0 aliphatic rings. The number of aromatic nitrogens is 3. The summed E-state index contributed by atoms with van der Waals surface area (Å²) in [6.45, 7) is 1.07. The van der Waals surface area contributed by atoms with E-state index in [4.69, 9.17) is 10.5 Å². The van der Waals surface area contributed by atoms with Gasteiger partial charge in [-0.2, -0.15) is 5.10 Å². The summed E-state index contributed by atoms with van der Waals surface area (Å²) in [5.41, 5.74) is 7.48. The summed E-state index contributed by atoms with van der Waals surface area (Å²) >= 11 is 0. The molecule has 0 unspecified atom stereocenters. The summed E-state index contributed by atoms with van der Waals surface area (Å²) in [7, 11) is 1.92. The molecule has 2 aromatic heterocycles. The van der Waals surface area contributed by atoms with Crippen LogP contribution in [0.1, 0.15) is 11.4 Å². The van der Waals surface area contributed by atoms with Crippen molar-refractivity contribution in [1.29, 1.82) is 0 Å². The van der Waals surface area contributed by atoms with Crippen molar-refractivity contribution in [2.75, 3.05) is 6.61 Å². The van der Waals surface area contributed by atoms with Crippen LogP contribution in [0.4, 0.5) is 0 Å². The quantitative estimate of drug-likeness (QED) is 0.831. The van der Waals surface area contributed by atoms with Gasteiger partial charge in [0.25, 0.3) is 0 Å². The van der Waals surface area contributed by atoms with Gasteiger partial charge in [0.05, 0.1) is 18.5 Å². The van der Waals surface area contributed by atoms with E-state index in [1.54, 1.807) is 12.4 Å². The van der Waals surface area contributed by atoms with Crippen LogP contribution >= 0.6 is 0 Å². The fourth-order valence-corrected chi connectivity index (χ4v) is 1.54. The standard InChI is InChI=1S/C12H16N4O/c1-16-11(4-6-15-16)5-7-17-12-3-2-10(8-13)14-9-12/h2-4,6,9H,5,7-8,13H2,1H3. The number of nitrogens with zero attached hydrogens (tertiary/aromatic N) is 3. The molecule has 5 heteroatoms. The Bertz CT molecular complexity index is 464. The highest BCUT2D eigenvalue weighted by atomic mass is 16.5. The Morgan fingerprint density at radius 3 is 2.82 bits per heavy atom. The second-order valence-electron chi connectivity index (χ2n) is 3.73. The van der Waals surface area contributed by atoms with Crippen molar-refractivity contribution >= 4 is 0 Å². The third-order valence-corrected chi connectivity index (χ3v) is 2.56. The zero-order valence-corrected chi connectivity index (χ0v) is 9.84. The predicted octanol–water partition coefficient (Wildman–Crippen LogP) is 0.895. The van der Waals surface area contributed by atoms with Crippen LogP contribution in [-0.2, 0) is 20.0 Å². The average Bonchev–Trinajstić information content (AvgIpc) is 2.76. The normalized spacial score (nSPS) is 10.5. The van der Waals surface area contributed by atoms with E-state index in [0.29, 0.717) is 13.2 Å². The monoisotopic (exact) mass is 232 g/mol. The molecule has 0 aliphatic heterocycles. The lowest BCUT2D eigenvalue weighted by Crippen LogP contribution is -2.06. The van der Waals surface area contributed by atoms with Crippen molar-refractivity contribution in [2.45, 2.75) is 13.0 Å². The number of pyridine rings is 1. The third-order valence-electron chi connectivity index (χ3n) is 2.56. The molecule has 17 heavy (non-hydrogen) atoms. The number of hydrogen-bond donors (Lipinski definition) is 1. The molecule has 0 amide bonds. The molecule has 0 spiro atoms. The van der Waals surface area contributed by atoms with E-state index < -0.39 is 0 Å². The first-order valence-corrected chi connectivity index (χ1v) is 5.54. The first kappa shape index (κ1) is 11.6. The van der Waals surface area contributed by atoms with E-state index in [-0.39, 0.29) is 0 Å². The summed E-state index contributed by atoms with van der Waals surface area (Å²) in [6, 6.07) is 5.75. The van der Waals surface area contributed by atoms with Crippen LogP contribution in [0.3, 0.4) is 0 Å². The van der Waals surface area contributed by atoms with Crippen LogP contribution in [0.2, 0.25) is 0 Å². The van der Waals surface area contributed by atoms with Gasteiger partial charge in [0.15, 0.2) is 0 Å². The van der Waals surface area contributed by atoms with Gasteiger partial charge in [-0.15, -0.1) is 0 Å². The molecule has 0 radical (unpaired) electrons. The van der Waals surface area contributed by atoms with Gasteiger partial charge in [-0.25, -0.2) is 0 Å². The number of ether oxygens (including phenoxy) is 1. The smallest absolute Gasteiger partial charge is 0.137 e. The second kappa shape index (κ2) is 5.45. The Balaban J connectivity index is 1.83. The van der Waals surface area contributed by atoms with Gasteiger partial charge in [-0.1, -0.05) is 0 Å². The van der Waals surface area contributed by atoms with Crippen LogP contribution in [0, 0.1) is 0 Å². The minimum atomic E-state index is 0.454. The molecule has 2 rings (SSSR count). The highest BCUT2D eigenvalue weighted by molar-refractivity contribution is 5.19. The highest BCUT2D eigenvalue weighted by Gasteiger charge is 2.00. The molecule has 90 valence electrons. The minimum absolute atomic E-state index is 0.454. The molecule has 0 atom stereocenters. The molecular formula is C12H16N4O. The van der Waals surface area contributed by atoms with Crippen molar-refractivity contribution in [3.05, 3.63) is 42.0 Å². The average molecular weight is 232 g/mol. The van der Waals surface area contributed by atoms with E-state index in [1.165, 1.54) is 0 Å². The van der Waals surface area contributed by atoms with E-state index >= 15 is 0 Å². The molecular weight excluding hydrogens is 216 g/mol. The van der Waals surface area contributed by atoms with Gasteiger partial charge in [-0.3, -0.25) is 9.67 Å². The van der Waals surface area contributed by atoms with Gasteiger partial charge in [0.1, 0.15) is 5.75 Å². The topological polar surface area (TPSA) is 66.0 Å². The molecule has 0 aliphatic carbocycles. The second-order valence-corrected chi connectivity index (χ2v) is 3.73. The zero-order chi connectivity index (χ0) is 12.1. The maximum Gasteiger partial charge on any atom is 0.137 e. The molecule has 2 N–H and O–H groups in total. The SMILES string of the molecule is Cn1nccc1CCOc1ccc(CN)nc1. The summed E-state index contributed by atoms with van der Waals surface area (Å²) in [5, 5.41) is 4.10. The Morgan fingerprint density at radius 2 is 2.24 bits per heavy atom. The largest absolute Gasteiger partial charge is 0.492 e. The predicted molar refractivity (Wildman–Crippen MR) is 64.5 cm³/mol. The minimum Gasteiger partial charge on any atom is -0.492 e. The maximum absolute atomic E-state index is 5.59. The van der Waals surface area contributed by atoms with E-state index in [0.717, 1.165) is 23.6 Å². The fourth-order valence-electron chi connectivity index (χ4n) is 1.54. The van der Waals surface area contributed by atoms with Gasteiger partial charge < -0.3 is 10.5 Å². The number of hydrogen-bond acceptors (Lipinski definition) is 4. The maximum atomic E-state index is 5.59. The van der Waals surface area contributed by atoms with Crippen LogP contribution in [0.5, 0.6) is 5.75 Å². The fraction of sp³-hybridized carbons (Fsp3) is 0.333. The highest BCUT2D eigenvalue weighted by Crippen LogP contribution is 2.09. The first-order chi connectivity index (χ1) is 8.29. The van der Waals surface area contributed by atoms with Gasteiger partial charge in [0.2, 0.25) is 0 Å². The van der Waals surface area contributed by atoms with Crippen LogP contribution in [0.15, 0.2) is 30.6 Å². The van der Waals surface area contributed by atoms with Crippen LogP contribution in [0.25, 0.3) is 0 Å². The van der Waals surface area contributed by atoms with Gasteiger partial charge in [-0.05, 0) is 18.2 Å². The molecule has 0 aromatic carbocycles. The Morgan fingerprint density at radius 1 is 1.35 bits per heavy atom. The van der Waals surface area contributed by atoms with E-state index in [9.17, 15) is 0 Å². The first-order valence-electron chi connectivity index (χ1n) is 5.54. The van der Waals surface area contributed by atoms with Crippen molar-refractivity contribution in [3.8, 4) is 5.75 Å². The lowest BCUT2D eigenvalue weighted by molar-refractivity contribution is 0.317. The molecule has 2 aromatic rings. The lowest BCUT2D eigenvalue weighted by atomic mass is 10.3. The molecule has 0 saturated carbocycles. The van der Waals surface area contributed by atoms with Crippen molar-refractivity contribution in [3.63, 3.8) is 0 Å². The molecule has 5 nitrogen and oxygen atoms in total. The number of rotatable bonds is 5. The van der Waals surface area contributed by atoms with Gasteiger partial charge in [0, 0.05) is 31.9 Å². The Kier molecular flexibility index (Phi) is 3.72. The van der Waals surface area contributed by atoms with Crippen molar-refractivity contribution in [2.24, 2.45) is 12.8 Å². The summed E-state index contributed by atoms with van der Waals surface area (Å²) in [6.07, 6.45) is 4.31. The summed E-state index contributed by atoms with van der Waals surface area (Å²) < 4.78 is 7.44. The molecule has 0 bridgehead atoms. The summed E-state index contributed by atoms with van der Waals surface area (Å²) in [5.74, 6) is 0.768. The number of nitrogens with two attached hydrogens (primary N) is 1. The molecule has 0 fully saturated rings. The van der Waals surface area contributed by atoms with Crippen molar-refractivity contribution < 1.29 is 4.74 Å².